The molecule has 0 fully saturated rings. The van der Waals surface area contributed by atoms with Crippen LogP contribution in [0.15, 0.2) is 64.9 Å². The number of hydrogen-bond acceptors (Lipinski definition) is 7. The fourth-order valence-electron chi connectivity index (χ4n) is 2.56. The number of anilines is 1. The number of H-pyrrole nitrogens is 1. The van der Waals surface area contributed by atoms with E-state index < -0.39 is 0 Å². The summed E-state index contributed by atoms with van der Waals surface area (Å²) >= 11 is 1.50. The summed E-state index contributed by atoms with van der Waals surface area (Å²) in [5.74, 6) is 1.41. The number of hydrogen-bond donors (Lipinski definition) is 2. The summed E-state index contributed by atoms with van der Waals surface area (Å²) < 4.78 is 1.68. The van der Waals surface area contributed by atoms with E-state index in [9.17, 15) is 4.79 Å². The van der Waals surface area contributed by atoms with Crippen molar-refractivity contribution in [2.75, 3.05) is 17.6 Å². The van der Waals surface area contributed by atoms with Gasteiger partial charge < -0.3 is 10.3 Å². The maximum absolute atomic E-state index is 12.3. The van der Waals surface area contributed by atoms with Gasteiger partial charge in [0, 0.05) is 24.7 Å². The SMILES string of the molecule is O=c1[nH]c(SCCCNc2ncccn2)nc2c1cnn2-c1ccccc1. The number of rotatable bonds is 7. The quantitative estimate of drug-likeness (QED) is 0.289. The van der Waals surface area contributed by atoms with E-state index in [-0.39, 0.29) is 5.56 Å². The topological polar surface area (TPSA) is 101 Å². The number of para-hydroxylation sites is 1. The third kappa shape index (κ3) is 3.98. The number of fused-ring (bicyclic) bond motifs is 1. The Kier molecular flexibility index (Phi) is 5.10. The summed E-state index contributed by atoms with van der Waals surface area (Å²) in [5.41, 5.74) is 1.25. The van der Waals surface area contributed by atoms with Crippen molar-refractivity contribution >= 4 is 28.7 Å². The maximum Gasteiger partial charge on any atom is 0.262 e. The normalized spacial score (nSPS) is 11.0. The molecule has 2 N–H and O–H groups in total. The molecule has 27 heavy (non-hydrogen) atoms. The van der Waals surface area contributed by atoms with Gasteiger partial charge in [-0.05, 0) is 24.6 Å². The molecule has 0 saturated heterocycles. The molecule has 0 spiro atoms. The Morgan fingerprint density at radius 3 is 2.74 bits per heavy atom. The van der Waals surface area contributed by atoms with Gasteiger partial charge in [0.05, 0.1) is 11.9 Å². The molecule has 136 valence electrons. The Morgan fingerprint density at radius 1 is 1.11 bits per heavy atom. The Balaban J connectivity index is 1.44. The van der Waals surface area contributed by atoms with E-state index in [4.69, 9.17) is 0 Å². The minimum atomic E-state index is -0.180. The Morgan fingerprint density at radius 2 is 1.93 bits per heavy atom. The van der Waals surface area contributed by atoms with Gasteiger partial charge in [0.2, 0.25) is 5.95 Å². The van der Waals surface area contributed by atoms with Crippen molar-refractivity contribution in [2.24, 2.45) is 0 Å². The van der Waals surface area contributed by atoms with E-state index in [1.54, 1.807) is 29.3 Å². The van der Waals surface area contributed by atoms with Crippen LogP contribution in [-0.2, 0) is 0 Å². The number of nitrogens with zero attached hydrogens (tertiary/aromatic N) is 5. The molecule has 0 bridgehead atoms. The van der Waals surface area contributed by atoms with Crippen LogP contribution >= 0.6 is 11.8 Å². The summed E-state index contributed by atoms with van der Waals surface area (Å²) in [4.78, 5) is 28.0. The van der Waals surface area contributed by atoms with E-state index in [0.29, 0.717) is 22.1 Å². The van der Waals surface area contributed by atoms with E-state index in [1.807, 2.05) is 30.3 Å². The van der Waals surface area contributed by atoms with Crippen molar-refractivity contribution in [1.29, 1.82) is 0 Å². The molecule has 0 aliphatic rings. The fraction of sp³-hybridized carbons (Fsp3) is 0.167. The average Bonchev–Trinajstić information content (AvgIpc) is 3.14. The van der Waals surface area contributed by atoms with Crippen LogP contribution in [-0.4, -0.2) is 42.0 Å². The van der Waals surface area contributed by atoms with Crippen molar-refractivity contribution in [3.05, 3.63) is 65.3 Å². The summed E-state index contributed by atoms with van der Waals surface area (Å²) in [6.45, 7) is 0.742. The molecule has 3 aromatic heterocycles. The Bertz CT molecular complexity index is 1080. The lowest BCUT2D eigenvalue weighted by molar-refractivity contribution is 0.871. The van der Waals surface area contributed by atoms with Gasteiger partial charge in [-0.2, -0.15) is 5.10 Å². The first-order valence-corrected chi connectivity index (χ1v) is 9.47. The van der Waals surface area contributed by atoms with Gasteiger partial charge in [-0.3, -0.25) is 4.79 Å². The van der Waals surface area contributed by atoms with Crippen molar-refractivity contribution < 1.29 is 0 Å². The second-order valence-corrected chi connectivity index (χ2v) is 6.79. The molecule has 1 aromatic carbocycles. The summed E-state index contributed by atoms with van der Waals surface area (Å²) in [5, 5.41) is 8.53. The largest absolute Gasteiger partial charge is 0.354 e. The highest BCUT2D eigenvalue weighted by Crippen LogP contribution is 2.18. The molecule has 0 atom stereocenters. The summed E-state index contributed by atoms with van der Waals surface area (Å²) in [6.07, 6.45) is 5.82. The van der Waals surface area contributed by atoms with Crippen LogP contribution < -0.4 is 10.9 Å². The molecule has 0 saturated carbocycles. The van der Waals surface area contributed by atoms with Gasteiger partial charge in [0.25, 0.3) is 5.56 Å². The first-order chi connectivity index (χ1) is 13.3. The number of benzene rings is 1. The standard InChI is InChI=1S/C18H17N7OS/c26-16-14-12-22-25(13-6-2-1-3-7-13)15(14)23-18(24-16)27-11-5-10-21-17-19-8-4-9-20-17/h1-4,6-9,12H,5,10-11H2,(H,19,20,21)(H,23,24,26). The molecule has 0 aliphatic carbocycles. The molecule has 9 heteroatoms. The van der Waals surface area contributed by atoms with Crippen molar-refractivity contribution in [3.8, 4) is 5.69 Å². The lowest BCUT2D eigenvalue weighted by Gasteiger charge is -2.05. The lowest BCUT2D eigenvalue weighted by Crippen LogP contribution is -2.10. The maximum atomic E-state index is 12.3. The van der Waals surface area contributed by atoms with Gasteiger partial charge in [0.1, 0.15) is 5.39 Å². The fourth-order valence-corrected chi connectivity index (χ4v) is 3.35. The van der Waals surface area contributed by atoms with E-state index >= 15 is 0 Å². The van der Waals surface area contributed by atoms with Crippen LogP contribution in [0.5, 0.6) is 0 Å². The number of nitrogens with one attached hydrogen (secondary N) is 2. The van der Waals surface area contributed by atoms with Crippen LogP contribution in [0, 0.1) is 0 Å². The predicted molar refractivity (Wildman–Crippen MR) is 105 cm³/mol. The van der Waals surface area contributed by atoms with Gasteiger partial charge in [-0.15, -0.1) is 0 Å². The van der Waals surface area contributed by atoms with Gasteiger partial charge in [-0.25, -0.2) is 19.6 Å². The van der Waals surface area contributed by atoms with E-state index in [1.165, 1.54) is 11.8 Å². The van der Waals surface area contributed by atoms with Crippen molar-refractivity contribution in [1.82, 2.24) is 29.7 Å². The highest BCUT2D eigenvalue weighted by atomic mass is 32.2. The Hall–Kier alpha value is -3.20. The van der Waals surface area contributed by atoms with Crippen LogP contribution in [0.25, 0.3) is 16.7 Å². The molecular weight excluding hydrogens is 362 g/mol. The second-order valence-electron chi connectivity index (χ2n) is 5.70. The first-order valence-electron chi connectivity index (χ1n) is 8.48. The predicted octanol–water partition coefficient (Wildman–Crippen LogP) is 2.49. The smallest absolute Gasteiger partial charge is 0.262 e. The lowest BCUT2D eigenvalue weighted by atomic mass is 10.3. The Labute approximate surface area is 159 Å². The zero-order valence-corrected chi connectivity index (χ0v) is 15.2. The molecule has 8 nitrogen and oxygen atoms in total. The van der Waals surface area contributed by atoms with Crippen LogP contribution in [0.4, 0.5) is 5.95 Å². The second kappa shape index (κ2) is 8.00. The third-order valence-corrected chi connectivity index (χ3v) is 4.79. The number of aromatic amines is 1. The molecule has 0 amide bonds. The van der Waals surface area contributed by atoms with E-state index in [0.717, 1.165) is 24.4 Å². The highest BCUT2D eigenvalue weighted by Gasteiger charge is 2.11. The van der Waals surface area contributed by atoms with Gasteiger partial charge >= 0.3 is 0 Å². The minimum Gasteiger partial charge on any atom is -0.354 e. The minimum absolute atomic E-state index is 0.180. The first kappa shape index (κ1) is 17.2. The van der Waals surface area contributed by atoms with Gasteiger partial charge in [0.15, 0.2) is 10.8 Å². The average molecular weight is 379 g/mol. The molecule has 0 unspecified atom stereocenters. The monoisotopic (exact) mass is 379 g/mol. The molecule has 4 rings (SSSR count). The molecular formula is C18H17N7OS. The van der Waals surface area contributed by atoms with Crippen molar-refractivity contribution in [2.45, 2.75) is 11.6 Å². The number of aromatic nitrogens is 6. The zero-order valence-electron chi connectivity index (χ0n) is 14.4. The number of thioether (sulfide) groups is 1. The van der Waals surface area contributed by atoms with Crippen LogP contribution in [0.1, 0.15) is 6.42 Å². The van der Waals surface area contributed by atoms with Crippen LogP contribution in [0.3, 0.4) is 0 Å². The molecule has 0 radical (unpaired) electrons. The van der Waals surface area contributed by atoms with Gasteiger partial charge in [-0.1, -0.05) is 30.0 Å². The third-order valence-electron chi connectivity index (χ3n) is 3.83. The summed E-state index contributed by atoms with van der Waals surface area (Å²) in [7, 11) is 0. The zero-order chi connectivity index (χ0) is 18.5. The highest BCUT2D eigenvalue weighted by molar-refractivity contribution is 7.99. The van der Waals surface area contributed by atoms with E-state index in [2.05, 4.69) is 30.4 Å². The molecule has 3 heterocycles. The molecule has 0 aliphatic heterocycles. The van der Waals surface area contributed by atoms with Crippen LogP contribution in [0.2, 0.25) is 0 Å². The summed E-state index contributed by atoms with van der Waals surface area (Å²) in [6, 6.07) is 11.4. The van der Waals surface area contributed by atoms with Crippen molar-refractivity contribution in [3.63, 3.8) is 0 Å². The molecule has 4 aromatic rings.